The lowest BCUT2D eigenvalue weighted by molar-refractivity contribution is -0.142. The van der Waals surface area contributed by atoms with E-state index in [1.165, 1.54) is 12.8 Å². The molecule has 3 aliphatic rings. The number of ether oxygens (including phenoxy) is 2. The molecule has 0 bridgehead atoms. The smallest absolute Gasteiger partial charge is 0.227 e. The van der Waals surface area contributed by atoms with Crippen LogP contribution in [0.2, 0.25) is 0 Å². The Morgan fingerprint density at radius 1 is 1.17 bits per heavy atom. The third-order valence-electron chi connectivity index (χ3n) is 6.10. The number of amides is 1. The Balaban J connectivity index is 1.42. The fourth-order valence-corrected chi connectivity index (χ4v) is 4.41. The van der Waals surface area contributed by atoms with E-state index in [2.05, 4.69) is 6.92 Å². The number of rotatable bonds is 4. The summed E-state index contributed by atoms with van der Waals surface area (Å²) in [5.74, 6) is 0.271. The maximum atomic E-state index is 12.9. The SMILES string of the molecule is CC1(N)CCCCC1C(=O)N1CCC(OCC2CCCCO2)CC1. The third-order valence-corrected chi connectivity index (χ3v) is 6.10. The van der Waals surface area contributed by atoms with Gasteiger partial charge in [-0.1, -0.05) is 12.8 Å². The lowest BCUT2D eigenvalue weighted by Crippen LogP contribution is -2.55. The number of nitrogens with two attached hydrogens (primary N) is 1. The van der Waals surface area contributed by atoms with Crippen LogP contribution in [-0.2, 0) is 14.3 Å². The number of likely N-dealkylation sites (tertiary alicyclic amines) is 1. The molecule has 24 heavy (non-hydrogen) atoms. The van der Waals surface area contributed by atoms with Crippen LogP contribution in [0.1, 0.15) is 64.7 Å². The van der Waals surface area contributed by atoms with E-state index in [0.717, 1.165) is 64.6 Å². The molecule has 2 N–H and O–H groups in total. The van der Waals surface area contributed by atoms with Gasteiger partial charge in [-0.15, -0.1) is 0 Å². The van der Waals surface area contributed by atoms with Crippen LogP contribution in [0, 0.1) is 5.92 Å². The van der Waals surface area contributed by atoms with Crippen LogP contribution in [0.25, 0.3) is 0 Å². The summed E-state index contributed by atoms with van der Waals surface area (Å²) in [6.07, 6.45) is 10.2. The average Bonchev–Trinajstić information content (AvgIpc) is 2.60. The molecule has 5 nitrogen and oxygen atoms in total. The lowest BCUT2D eigenvalue weighted by atomic mass is 9.74. The van der Waals surface area contributed by atoms with Crippen LogP contribution < -0.4 is 5.73 Å². The standard InChI is InChI=1S/C19H34N2O3/c1-19(20)10-4-2-7-17(19)18(22)21-11-8-15(9-12-21)24-14-16-6-3-5-13-23-16/h15-17H,2-14,20H2,1H3. The Kier molecular flexibility index (Phi) is 6.17. The third kappa shape index (κ3) is 4.50. The van der Waals surface area contributed by atoms with Gasteiger partial charge < -0.3 is 20.1 Å². The molecule has 1 saturated carbocycles. The predicted molar refractivity (Wildman–Crippen MR) is 93.7 cm³/mol. The first-order chi connectivity index (χ1) is 11.6. The number of carbonyl (C=O) groups excluding carboxylic acids is 1. The van der Waals surface area contributed by atoms with Gasteiger partial charge in [-0.2, -0.15) is 0 Å². The first kappa shape index (κ1) is 18.2. The summed E-state index contributed by atoms with van der Waals surface area (Å²) >= 11 is 0. The van der Waals surface area contributed by atoms with Crippen LogP contribution in [-0.4, -0.2) is 54.9 Å². The van der Waals surface area contributed by atoms with Gasteiger partial charge in [0, 0.05) is 25.2 Å². The fourth-order valence-electron chi connectivity index (χ4n) is 4.41. The summed E-state index contributed by atoms with van der Waals surface area (Å²) in [5, 5.41) is 0. The highest BCUT2D eigenvalue weighted by Gasteiger charge is 2.40. The van der Waals surface area contributed by atoms with Crippen molar-refractivity contribution < 1.29 is 14.3 Å². The molecule has 1 amide bonds. The minimum atomic E-state index is -0.332. The quantitative estimate of drug-likeness (QED) is 0.855. The molecule has 0 spiro atoms. The Morgan fingerprint density at radius 3 is 2.58 bits per heavy atom. The second-order valence-electron chi connectivity index (χ2n) is 8.15. The molecular weight excluding hydrogens is 304 g/mol. The van der Waals surface area contributed by atoms with Crippen LogP contribution in [0.15, 0.2) is 0 Å². The summed E-state index contributed by atoms with van der Waals surface area (Å²) < 4.78 is 11.8. The maximum absolute atomic E-state index is 12.9. The van der Waals surface area contributed by atoms with Crippen molar-refractivity contribution in [1.82, 2.24) is 4.90 Å². The summed E-state index contributed by atoms with van der Waals surface area (Å²) in [5.41, 5.74) is 6.07. The molecule has 138 valence electrons. The normalized spacial score (nSPS) is 35.8. The van der Waals surface area contributed by atoms with Crippen molar-refractivity contribution >= 4 is 5.91 Å². The van der Waals surface area contributed by atoms with E-state index in [1.807, 2.05) is 4.90 Å². The summed E-state index contributed by atoms with van der Waals surface area (Å²) in [6.45, 7) is 5.25. The number of hydrogen-bond donors (Lipinski definition) is 1. The first-order valence-corrected chi connectivity index (χ1v) is 9.87. The first-order valence-electron chi connectivity index (χ1n) is 9.87. The molecule has 0 aromatic heterocycles. The van der Waals surface area contributed by atoms with Gasteiger partial charge in [-0.25, -0.2) is 0 Å². The van der Waals surface area contributed by atoms with E-state index in [0.29, 0.717) is 6.61 Å². The van der Waals surface area contributed by atoms with Gasteiger partial charge in [0.25, 0.3) is 0 Å². The highest BCUT2D eigenvalue weighted by Crippen LogP contribution is 2.33. The molecule has 2 aliphatic heterocycles. The largest absolute Gasteiger partial charge is 0.376 e. The Bertz CT molecular complexity index is 413. The fraction of sp³-hybridized carbons (Fsp3) is 0.947. The average molecular weight is 338 g/mol. The van der Waals surface area contributed by atoms with E-state index in [9.17, 15) is 4.79 Å². The van der Waals surface area contributed by atoms with Gasteiger partial charge in [0.15, 0.2) is 0 Å². The van der Waals surface area contributed by atoms with E-state index in [1.54, 1.807) is 0 Å². The van der Waals surface area contributed by atoms with Gasteiger partial charge in [0.2, 0.25) is 5.91 Å². The van der Waals surface area contributed by atoms with Crippen molar-refractivity contribution in [1.29, 1.82) is 0 Å². The second kappa shape index (κ2) is 8.15. The Labute approximate surface area is 146 Å². The highest BCUT2D eigenvalue weighted by atomic mass is 16.5. The zero-order valence-electron chi connectivity index (χ0n) is 15.2. The topological polar surface area (TPSA) is 64.8 Å². The molecule has 3 unspecified atom stereocenters. The van der Waals surface area contributed by atoms with Crippen LogP contribution >= 0.6 is 0 Å². The number of hydrogen-bond acceptors (Lipinski definition) is 4. The van der Waals surface area contributed by atoms with E-state index in [-0.39, 0.29) is 29.6 Å². The highest BCUT2D eigenvalue weighted by molar-refractivity contribution is 5.80. The van der Waals surface area contributed by atoms with Crippen molar-refractivity contribution in [3.63, 3.8) is 0 Å². The molecule has 0 aromatic carbocycles. The summed E-state index contributed by atoms with van der Waals surface area (Å²) in [4.78, 5) is 14.9. The van der Waals surface area contributed by atoms with E-state index in [4.69, 9.17) is 15.2 Å². The number of carbonyl (C=O) groups is 1. The van der Waals surface area contributed by atoms with Gasteiger partial charge in [-0.3, -0.25) is 4.79 Å². The summed E-state index contributed by atoms with van der Waals surface area (Å²) in [7, 11) is 0. The maximum Gasteiger partial charge on any atom is 0.227 e. The van der Waals surface area contributed by atoms with Crippen LogP contribution in [0.5, 0.6) is 0 Å². The minimum absolute atomic E-state index is 0.000595. The molecule has 3 rings (SSSR count). The number of nitrogens with zero attached hydrogens (tertiary/aromatic N) is 1. The van der Waals surface area contributed by atoms with Crippen LogP contribution in [0.3, 0.4) is 0 Å². The predicted octanol–water partition coefficient (Wildman–Crippen LogP) is 2.47. The Hall–Kier alpha value is -0.650. The second-order valence-corrected chi connectivity index (χ2v) is 8.15. The Morgan fingerprint density at radius 2 is 1.92 bits per heavy atom. The van der Waals surface area contributed by atoms with Gasteiger partial charge >= 0.3 is 0 Å². The van der Waals surface area contributed by atoms with Gasteiger partial charge in [0.05, 0.1) is 24.7 Å². The van der Waals surface area contributed by atoms with Gasteiger partial charge in [-0.05, 0) is 51.9 Å². The summed E-state index contributed by atoms with van der Waals surface area (Å²) in [6, 6.07) is 0. The van der Waals surface area contributed by atoms with Crippen molar-refractivity contribution in [2.75, 3.05) is 26.3 Å². The number of piperidine rings is 1. The minimum Gasteiger partial charge on any atom is -0.376 e. The van der Waals surface area contributed by atoms with Gasteiger partial charge in [0.1, 0.15) is 0 Å². The molecule has 0 aromatic rings. The van der Waals surface area contributed by atoms with E-state index >= 15 is 0 Å². The molecular formula is C19H34N2O3. The molecule has 3 atom stereocenters. The van der Waals surface area contributed by atoms with Crippen molar-refractivity contribution in [3.8, 4) is 0 Å². The molecule has 0 radical (unpaired) electrons. The molecule has 2 heterocycles. The van der Waals surface area contributed by atoms with Crippen molar-refractivity contribution in [2.45, 2.75) is 82.5 Å². The lowest BCUT2D eigenvalue weighted by Gasteiger charge is -2.41. The van der Waals surface area contributed by atoms with E-state index < -0.39 is 0 Å². The molecule has 5 heteroatoms. The molecule has 3 fully saturated rings. The van der Waals surface area contributed by atoms with Crippen LogP contribution in [0.4, 0.5) is 0 Å². The monoisotopic (exact) mass is 338 g/mol. The molecule has 1 aliphatic carbocycles. The van der Waals surface area contributed by atoms with Crippen molar-refractivity contribution in [2.24, 2.45) is 11.7 Å². The van der Waals surface area contributed by atoms with Crippen molar-refractivity contribution in [3.05, 3.63) is 0 Å². The zero-order chi connectivity index (χ0) is 17.0. The molecule has 2 saturated heterocycles. The zero-order valence-corrected chi connectivity index (χ0v) is 15.2.